The number of amides is 1. The Morgan fingerprint density at radius 1 is 1.14 bits per heavy atom. The minimum absolute atomic E-state index is 0.174. The summed E-state index contributed by atoms with van der Waals surface area (Å²) in [4.78, 5) is 27.4. The lowest BCUT2D eigenvalue weighted by atomic mass is 9.81. The van der Waals surface area contributed by atoms with Crippen molar-refractivity contribution in [2.24, 2.45) is 5.92 Å². The fourth-order valence-electron chi connectivity index (χ4n) is 5.36. The first kappa shape index (κ1) is 27.8. The molecule has 0 bridgehead atoms. The van der Waals surface area contributed by atoms with Crippen LogP contribution in [0.5, 0.6) is 0 Å². The van der Waals surface area contributed by atoms with Crippen molar-refractivity contribution in [3.63, 3.8) is 0 Å². The number of carbonyl (C=O) groups is 2. The molecule has 3 heterocycles. The minimum Gasteiger partial charge on any atom is -0.462 e. The Morgan fingerprint density at radius 3 is 2.35 bits per heavy atom. The van der Waals surface area contributed by atoms with Gasteiger partial charge in [0, 0.05) is 34.6 Å². The van der Waals surface area contributed by atoms with Gasteiger partial charge in [0.25, 0.3) is 5.91 Å². The second kappa shape index (κ2) is 10.1. The predicted molar refractivity (Wildman–Crippen MR) is 146 cm³/mol. The van der Waals surface area contributed by atoms with E-state index in [-0.39, 0.29) is 17.0 Å². The van der Waals surface area contributed by atoms with Crippen LogP contribution < -0.4 is 10.6 Å². The number of benzene rings is 1. The maximum atomic E-state index is 13.2. The van der Waals surface area contributed by atoms with E-state index in [1.54, 1.807) is 6.92 Å². The third-order valence-corrected chi connectivity index (χ3v) is 10.4. The number of anilines is 1. The summed E-state index contributed by atoms with van der Waals surface area (Å²) in [5, 5.41) is 6.97. The zero-order valence-electron chi connectivity index (χ0n) is 22.4. The van der Waals surface area contributed by atoms with Crippen molar-refractivity contribution in [2.75, 3.05) is 25.0 Å². The number of thiophene rings is 1. The van der Waals surface area contributed by atoms with Crippen molar-refractivity contribution in [2.45, 2.75) is 76.8 Å². The van der Waals surface area contributed by atoms with Gasteiger partial charge in [0.05, 0.1) is 17.1 Å². The molecular formula is C27H37N3O5S2. The minimum atomic E-state index is -3.60. The van der Waals surface area contributed by atoms with E-state index in [4.69, 9.17) is 4.74 Å². The van der Waals surface area contributed by atoms with Crippen molar-refractivity contribution in [3.8, 4) is 0 Å². The highest BCUT2D eigenvalue weighted by Crippen LogP contribution is 2.45. The van der Waals surface area contributed by atoms with Crippen LogP contribution in [0.1, 0.15) is 85.5 Å². The van der Waals surface area contributed by atoms with Crippen molar-refractivity contribution in [1.82, 2.24) is 9.62 Å². The van der Waals surface area contributed by atoms with Gasteiger partial charge in [-0.25, -0.2) is 13.2 Å². The molecule has 10 heteroatoms. The van der Waals surface area contributed by atoms with Gasteiger partial charge in [-0.05, 0) is 89.6 Å². The van der Waals surface area contributed by atoms with Crippen molar-refractivity contribution >= 4 is 38.2 Å². The molecule has 2 aliphatic rings. The normalized spacial score (nSPS) is 19.7. The summed E-state index contributed by atoms with van der Waals surface area (Å²) < 4.78 is 33.0. The average molecular weight is 548 g/mol. The van der Waals surface area contributed by atoms with E-state index in [1.165, 1.54) is 39.9 Å². The van der Waals surface area contributed by atoms with E-state index in [9.17, 15) is 18.0 Å². The average Bonchev–Trinajstić information content (AvgIpc) is 3.16. The Balaban J connectivity index is 1.61. The molecule has 202 valence electrons. The van der Waals surface area contributed by atoms with E-state index in [0.29, 0.717) is 41.6 Å². The molecule has 0 saturated carbocycles. The molecule has 4 rings (SSSR count). The lowest BCUT2D eigenvalue weighted by Crippen LogP contribution is -2.55. The maximum absolute atomic E-state index is 13.2. The number of carbonyl (C=O) groups excluding carboxylic acids is 2. The first-order chi connectivity index (χ1) is 17.2. The zero-order chi connectivity index (χ0) is 27.2. The van der Waals surface area contributed by atoms with Gasteiger partial charge in [0.1, 0.15) is 5.00 Å². The first-order valence-electron chi connectivity index (χ1n) is 12.8. The molecule has 8 nitrogen and oxygen atoms in total. The molecule has 1 amide bonds. The monoisotopic (exact) mass is 547 g/mol. The Hall–Kier alpha value is -2.27. The smallest absolute Gasteiger partial charge is 0.341 e. The first-order valence-corrected chi connectivity index (χ1v) is 15.0. The summed E-state index contributed by atoms with van der Waals surface area (Å²) in [6, 6.07) is 5.98. The van der Waals surface area contributed by atoms with Crippen molar-refractivity contribution in [3.05, 3.63) is 45.8 Å². The summed E-state index contributed by atoms with van der Waals surface area (Å²) in [5.74, 6) is -0.349. The van der Waals surface area contributed by atoms with Crippen LogP contribution in [0.4, 0.5) is 5.00 Å². The molecule has 2 N–H and O–H groups in total. The molecule has 1 fully saturated rings. The molecular weight excluding hydrogens is 510 g/mol. The summed E-state index contributed by atoms with van der Waals surface area (Å²) in [5.41, 5.74) is 0.966. The fraction of sp³-hybridized carbons (Fsp3) is 0.556. The van der Waals surface area contributed by atoms with E-state index < -0.39 is 27.4 Å². The van der Waals surface area contributed by atoms with Gasteiger partial charge < -0.3 is 15.4 Å². The molecule has 1 saturated heterocycles. The molecule has 0 atom stereocenters. The van der Waals surface area contributed by atoms with Crippen LogP contribution in [0.25, 0.3) is 0 Å². The van der Waals surface area contributed by atoms with E-state index in [2.05, 4.69) is 45.3 Å². The summed E-state index contributed by atoms with van der Waals surface area (Å²) >= 11 is 1.38. The SMILES string of the molecule is CCOC(=O)c1c(NC(=O)c2ccc(S(=O)(=O)N3CCC(C)CC3)cc2)sc2c1CC(C)(C)NC2(C)C. The Bertz CT molecular complexity index is 1290. The number of nitrogens with zero attached hydrogens (tertiary/aromatic N) is 1. The quantitative estimate of drug-likeness (QED) is 0.506. The predicted octanol–water partition coefficient (Wildman–Crippen LogP) is 4.76. The van der Waals surface area contributed by atoms with Gasteiger partial charge in [-0.3, -0.25) is 4.79 Å². The summed E-state index contributed by atoms with van der Waals surface area (Å²) in [6.07, 6.45) is 2.31. The van der Waals surface area contributed by atoms with Gasteiger partial charge >= 0.3 is 5.97 Å². The molecule has 2 aliphatic heterocycles. The lowest BCUT2D eigenvalue weighted by Gasteiger charge is -2.42. The molecule has 0 radical (unpaired) electrons. The zero-order valence-corrected chi connectivity index (χ0v) is 24.1. The maximum Gasteiger partial charge on any atom is 0.341 e. The Kier molecular flexibility index (Phi) is 7.60. The Morgan fingerprint density at radius 2 is 1.76 bits per heavy atom. The van der Waals surface area contributed by atoms with Crippen molar-refractivity contribution < 1.29 is 22.7 Å². The van der Waals surface area contributed by atoms with Gasteiger partial charge in [-0.1, -0.05) is 6.92 Å². The van der Waals surface area contributed by atoms with Gasteiger partial charge in [-0.15, -0.1) is 11.3 Å². The van der Waals surface area contributed by atoms with Crippen LogP contribution >= 0.6 is 11.3 Å². The number of sulfonamides is 1. The number of piperidine rings is 1. The van der Waals surface area contributed by atoms with E-state index in [1.807, 2.05) is 0 Å². The van der Waals surface area contributed by atoms with Crippen LogP contribution in [0.2, 0.25) is 0 Å². The molecule has 1 aromatic heterocycles. The van der Waals surface area contributed by atoms with E-state index in [0.717, 1.165) is 23.3 Å². The van der Waals surface area contributed by atoms with Gasteiger partial charge in [0.2, 0.25) is 10.0 Å². The molecule has 0 aliphatic carbocycles. The number of hydrogen-bond acceptors (Lipinski definition) is 7. The Labute approximate surface area is 223 Å². The second-order valence-electron chi connectivity index (χ2n) is 11.2. The number of nitrogens with one attached hydrogen (secondary N) is 2. The van der Waals surface area contributed by atoms with Crippen LogP contribution in [-0.4, -0.2) is 49.8 Å². The van der Waals surface area contributed by atoms with Gasteiger partial charge in [0.15, 0.2) is 0 Å². The lowest BCUT2D eigenvalue weighted by molar-refractivity contribution is 0.0525. The summed E-state index contributed by atoms with van der Waals surface area (Å²) in [6.45, 7) is 13.4. The number of hydrogen-bond donors (Lipinski definition) is 2. The van der Waals surface area contributed by atoms with Crippen molar-refractivity contribution in [1.29, 1.82) is 0 Å². The highest BCUT2D eigenvalue weighted by atomic mass is 32.2. The number of ether oxygens (including phenoxy) is 1. The van der Waals surface area contributed by atoms with Gasteiger partial charge in [-0.2, -0.15) is 4.31 Å². The van der Waals surface area contributed by atoms with Crippen LogP contribution in [0.15, 0.2) is 29.2 Å². The van der Waals surface area contributed by atoms with E-state index >= 15 is 0 Å². The molecule has 37 heavy (non-hydrogen) atoms. The van der Waals surface area contributed by atoms with Crippen LogP contribution in [0.3, 0.4) is 0 Å². The third-order valence-electron chi connectivity index (χ3n) is 7.05. The molecule has 0 unspecified atom stereocenters. The highest BCUT2D eigenvalue weighted by molar-refractivity contribution is 7.89. The molecule has 0 spiro atoms. The molecule has 1 aromatic carbocycles. The topological polar surface area (TPSA) is 105 Å². The number of esters is 1. The second-order valence-corrected chi connectivity index (χ2v) is 14.2. The third kappa shape index (κ3) is 5.62. The number of fused-ring (bicyclic) bond motifs is 1. The fourth-order valence-corrected chi connectivity index (χ4v) is 8.09. The number of rotatable bonds is 6. The summed E-state index contributed by atoms with van der Waals surface area (Å²) in [7, 11) is -3.60. The van der Waals surface area contributed by atoms with Crippen LogP contribution in [0, 0.1) is 5.92 Å². The largest absolute Gasteiger partial charge is 0.462 e. The molecule has 2 aromatic rings. The van der Waals surface area contributed by atoms with Crippen LogP contribution in [-0.2, 0) is 26.7 Å². The highest BCUT2D eigenvalue weighted by Gasteiger charge is 2.42. The standard InChI is InChI=1S/C27H37N3O5S2/c1-7-35-25(32)21-20-16-26(3,4)29-27(5,6)22(20)36-24(21)28-23(31)18-8-10-19(11-9-18)37(33,34)30-14-12-17(2)13-15-30/h8-11,17,29H,7,12-16H2,1-6H3,(H,28,31).